The zero-order valence-electron chi connectivity index (χ0n) is 12.5. The fourth-order valence-corrected chi connectivity index (χ4v) is 3.16. The van der Waals surface area contributed by atoms with E-state index in [1.807, 2.05) is 31.2 Å². The number of aryl methyl sites for hydroxylation is 1. The Morgan fingerprint density at radius 2 is 2.14 bits per heavy atom. The van der Waals surface area contributed by atoms with Gasteiger partial charge in [0.2, 0.25) is 11.8 Å². The Labute approximate surface area is 128 Å². The maximum Gasteiger partial charge on any atom is 0.317 e. The van der Waals surface area contributed by atoms with Crippen molar-refractivity contribution in [3.8, 4) is 0 Å². The Bertz CT molecular complexity index is 643. The number of rotatable bonds is 2. The Kier molecular flexibility index (Phi) is 3.60. The molecule has 0 unspecified atom stereocenters. The lowest BCUT2D eigenvalue weighted by atomic mass is 9.85. The van der Waals surface area contributed by atoms with E-state index < -0.39 is 5.41 Å². The molecule has 22 heavy (non-hydrogen) atoms. The van der Waals surface area contributed by atoms with Crippen LogP contribution in [0.1, 0.15) is 24.0 Å². The zero-order valence-corrected chi connectivity index (χ0v) is 12.5. The molecule has 1 aromatic rings. The summed E-state index contributed by atoms with van der Waals surface area (Å²) in [7, 11) is 0. The number of likely N-dealkylation sites (tertiary alicyclic amines) is 1. The van der Waals surface area contributed by atoms with Gasteiger partial charge < -0.3 is 10.2 Å². The first-order valence-corrected chi connectivity index (χ1v) is 7.42. The van der Waals surface area contributed by atoms with Gasteiger partial charge in [0.1, 0.15) is 0 Å². The molecule has 0 aromatic heterocycles. The molecule has 2 aliphatic heterocycles. The number of benzene rings is 1. The monoisotopic (exact) mass is 301 g/mol. The lowest BCUT2D eigenvalue weighted by molar-refractivity contribution is -0.128. The number of amides is 4. The normalized spacial score (nSPS) is 24.0. The standard InChI is InChI=1S/C16H19N3O3/c1-11-4-2-3-5-12(11)9-17-15(22)19-7-6-16(10-19)8-13(20)18-14(16)21/h2-5H,6-10H2,1H3,(H,17,22)(H,18,20,21)/t16-/m0/s1. The van der Waals surface area contributed by atoms with Gasteiger partial charge in [0.25, 0.3) is 0 Å². The van der Waals surface area contributed by atoms with Gasteiger partial charge in [-0.15, -0.1) is 0 Å². The van der Waals surface area contributed by atoms with E-state index in [0.717, 1.165) is 11.1 Å². The summed E-state index contributed by atoms with van der Waals surface area (Å²) in [5, 5.41) is 5.22. The molecule has 0 radical (unpaired) electrons. The van der Waals surface area contributed by atoms with Gasteiger partial charge >= 0.3 is 6.03 Å². The lowest BCUT2D eigenvalue weighted by Crippen LogP contribution is -2.41. The molecule has 116 valence electrons. The molecule has 2 aliphatic rings. The summed E-state index contributed by atoms with van der Waals surface area (Å²) in [5.74, 6) is -0.487. The second kappa shape index (κ2) is 5.44. The van der Waals surface area contributed by atoms with Gasteiger partial charge in [-0.05, 0) is 24.5 Å². The van der Waals surface area contributed by atoms with Crippen LogP contribution in [0.15, 0.2) is 24.3 Å². The van der Waals surface area contributed by atoms with E-state index in [9.17, 15) is 14.4 Å². The number of carbonyl (C=O) groups is 3. The first kappa shape index (κ1) is 14.6. The average molecular weight is 301 g/mol. The van der Waals surface area contributed by atoms with Crippen molar-refractivity contribution in [2.45, 2.75) is 26.3 Å². The summed E-state index contributed by atoms with van der Waals surface area (Å²) in [4.78, 5) is 37.2. The Morgan fingerprint density at radius 3 is 2.82 bits per heavy atom. The molecule has 1 atom stereocenters. The van der Waals surface area contributed by atoms with E-state index >= 15 is 0 Å². The largest absolute Gasteiger partial charge is 0.334 e. The van der Waals surface area contributed by atoms with E-state index in [1.54, 1.807) is 4.90 Å². The summed E-state index contributed by atoms with van der Waals surface area (Å²) >= 11 is 0. The molecule has 0 saturated carbocycles. The molecule has 2 fully saturated rings. The van der Waals surface area contributed by atoms with Crippen LogP contribution in [0.5, 0.6) is 0 Å². The molecule has 4 amide bonds. The molecule has 2 heterocycles. The molecular weight excluding hydrogens is 282 g/mol. The van der Waals surface area contributed by atoms with Crippen molar-refractivity contribution >= 4 is 17.8 Å². The third kappa shape index (κ3) is 2.56. The summed E-state index contributed by atoms with van der Waals surface area (Å²) < 4.78 is 0. The van der Waals surface area contributed by atoms with Crippen LogP contribution in [0.4, 0.5) is 4.79 Å². The van der Waals surface area contributed by atoms with Crippen molar-refractivity contribution in [2.24, 2.45) is 5.41 Å². The van der Waals surface area contributed by atoms with Crippen LogP contribution in [0.25, 0.3) is 0 Å². The second-order valence-corrected chi connectivity index (χ2v) is 6.09. The maximum atomic E-state index is 12.3. The third-order valence-corrected chi connectivity index (χ3v) is 4.57. The van der Waals surface area contributed by atoms with Crippen LogP contribution in [-0.4, -0.2) is 35.8 Å². The molecule has 6 nitrogen and oxygen atoms in total. The predicted octanol–water partition coefficient (Wildman–Crippen LogP) is 0.943. The number of hydrogen-bond acceptors (Lipinski definition) is 3. The van der Waals surface area contributed by atoms with Gasteiger partial charge in [0.15, 0.2) is 0 Å². The molecule has 0 bridgehead atoms. The van der Waals surface area contributed by atoms with Crippen molar-refractivity contribution in [2.75, 3.05) is 13.1 Å². The summed E-state index contributed by atoms with van der Waals surface area (Å²) in [6.45, 7) is 3.27. The van der Waals surface area contributed by atoms with Gasteiger partial charge in [-0.25, -0.2) is 4.79 Å². The first-order chi connectivity index (χ1) is 10.5. The molecule has 1 spiro atoms. The van der Waals surface area contributed by atoms with Crippen LogP contribution in [0.3, 0.4) is 0 Å². The topological polar surface area (TPSA) is 78.5 Å². The molecule has 1 aromatic carbocycles. The molecule has 6 heteroatoms. The van der Waals surface area contributed by atoms with Crippen LogP contribution in [-0.2, 0) is 16.1 Å². The van der Waals surface area contributed by atoms with Gasteiger partial charge in [-0.2, -0.15) is 0 Å². The van der Waals surface area contributed by atoms with Crippen molar-refractivity contribution in [1.82, 2.24) is 15.5 Å². The second-order valence-electron chi connectivity index (χ2n) is 6.09. The Hall–Kier alpha value is -2.37. The van der Waals surface area contributed by atoms with Crippen LogP contribution >= 0.6 is 0 Å². The van der Waals surface area contributed by atoms with Crippen molar-refractivity contribution in [3.05, 3.63) is 35.4 Å². The maximum absolute atomic E-state index is 12.3. The van der Waals surface area contributed by atoms with Crippen LogP contribution in [0.2, 0.25) is 0 Å². The first-order valence-electron chi connectivity index (χ1n) is 7.42. The molecule has 0 aliphatic carbocycles. The van der Waals surface area contributed by atoms with Crippen molar-refractivity contribution < 1.29 is 14.4 Å². The number of urea groups is 1. The highest BCUT2D eigenvalue weighted by molar-refractivity contribution is 6.06. The highest BCUT2D eigenvalue weighted by Gasteiger charge is 2.51. The minimum Gasteiger partial charge on any atom is -0.334 e. The van der Waals surface area contributed by atoms with Crippen LogP contribution < -0.4 is 10.6 Å². The van der Waals surface area contributed by atoms with E-state index in [1.165, 1.54) is 0 Å². The van der Waals surface area contributed by atoms with E-state index in [2.05, 4.69) is 10.6 Å². The highest BCUT2D eigenvalue weighted by Crippen LogP contribution is 2.37. The number of imide groups is 1. The molecule has 2 N–H and O–H groups in total. The number of nitrogens with one attached hydrogen (secondary N) is 2. The average Bonchev–Trinajstić information content (AvgIpc) is 3.02. The van der Waals surface area contributed by atoms with Gasteiger partial charge in [-0.3, -0.25) is 14.9 Å². The fraction of sp³-hybridized carbons (Fsp3) is 0.438. The Balaban J connectivity index is 1.59. The smallest absolute Gasteiger partial charge is 0.317 e. The van der Waals surface area contributed by atoms with Crippen molar-refractivity contribution in [1.29, 1.82) is 0 Å². The molecular formula is C16H19N3O3. The van der Waals surface area contributed by atoms with Crippen LogP contribution in [0, 0.1) is 12.3 Å². The number of nitrogens with zero attached hydrogens (tertiary/aromatic N) is 1. The van der Waals surface area contributed by atoms with E-state index in [0.29, 0.717) is 26.1 Å². The minimum absolute atomic E-state index is 0.188. The predicted molar refractivity (Wildman–Crippen MR) is 79.8 cm³/mol. The Morgan fingerprint density at radius 1 is 1.36 bits per heavy atom. The zero-order chi connectivity index (χ0) is 15.7. The number of hydrogen-bond donors (Lipinski definition) is 2. The SMILES string of the molecule is Cc1ccccc1CNC(=O)N1CC[C@]2(CC(=O)NC2=O)C1. The summed E-state index contributed by atoms with van der Waals surface area (Å²) in [6.07, 6.45) is 0.732. The van der Waals surface area contributed by atoms with E-state index in [4.69, 9.17) is 0 Å². The summed E-state index contributed by atoms with van der Waals surface area (Å²) in [6, 6.07) is 7.69. The lowest BCUT2D eigenvalue weighted by Gasteiger charge is -2.21. The molecule has 2 saturated heterocycles. The van der Waals surface area contributed by atoms with Crippen molar-refractivity contribution in [3.63, 3.8) is 0 Å². The number of carbonyl (C=O) groups excluding carboxylic acids is 3. The summed E-state index contributed by atoms with van der Waals surface area (Å²) in [5.41, 5.74) is 1.48. The fourth-order valence-electron chi connectivity index (χ4n) is 3.16. The third-order valence-electron chi connectivity index (χ3n) is 4.57. The van der Waals surface area contributed by atoms with Gasteiger partial charge in [0.05, 0.1) is 5.41 Å². The van der Waals surface area contributed by atoms with E-state index in [-0.39, 0.29) is 24.3 Å². The van der Waals surface area contributed by atoms with Gasteiger partial charge in [0, 0.05) is 26.1 Å². The highest BCUT2D eigenvalue weighted by atomic mass is 16.2. The molecule has 3 rings (SSSR count). The quantitative estimate of drug-likeness (QED) is 0.798. The minimum atomic E-state index is -0.711. The van der Waals surface area contributed by atoms with Gasteiger partial charge in [-0.1, -0.05) is 24.3 Å².